The van der Waals surface area contributed by atoms with E-state index in [0.29, 0.717) is 0 Å². The zero-order chi connectivity index (χ0) is 26.8. The molecule has 0 bridgehead atoms. The first-order valence-electron chi connectivity index (χ1n) is 11.3. The highest BCUT2D eigenvalue weighted by atomic mass is 16.6. The number of para-hydroxylation sites is 3. The zero-order valence-electron chi connectivity index (χ0n) is 20.3. The van der Waals surface area contributed by atoms with Gasteiger partial charge in [-0.3, -0.25) is 0 Å². The Labute approximate surface area is 214 Å². The monoisotopic (exact) mass is 507 g/mol. The molecule has 0 unspecified atom stereocenters. The number of carbonyl (C=O) groups is 3. The van der Waals surface area contributed by atoms with Crippen LogP contribution in [0.5, 0.6) is 0 Å². The highest BCUT2D eigenvalue weighted by Crippen LogP contribution is 2.25. The molecule has 0 radical (unpaired) electrons. The van der Waals surface area contributed by atoms with Crippen molar-refractivity contribution < 1.29 is 33.3 Å². The molecule has 0 fully saturated rings. The van der Waals surface area contributed by atoms with Gasteiger partial charge in [0.15, 0.2) is 0 Å². The van der Waals surface area contributed by atoms with Crippen molar-refractivity contribution in [3.8, 4) is 0 Å². The molecule has 0 aliphatic carbocycles. The Balaban J connectivity index is 1.82. The molecule has 0 aliphatic heterocycles. The lowest BCUT2D eigenvalue weighted by atomic mass is 9.92. The second-order valence-electron chi connectivity index (χ2n) is 8.42. The Morgan fingerprint density at radius 3 is 1.14 bits per heavy atom. The van der Waals surface area contributed by atoms with Crippen molar-refractivity contribution >= 4 is 35.0 Å². The van der Waals surface area contributed by atoms with Crippen LogP contribution >= 0.6 is 0 Å². The molecule has 0 amide bonds. The normalized spacial score (nSPS) is 10.9. The Hall–Kier alpha value is -4.57. The molecule has 10 nitrogen and oxygen atoms in total. The van der Waals surface area contributed by atoms with Gasteiger partial charge in [-0.2, -0.15) is 0 Å². The summed E-state index contributed by atoms with van der Waals surface area (Å²) in [7, 11) is 1.42. The van der Waals surface area contributed by atoms with E-state index < -0.39 is 23.3 Å². The van der Waals surface area contributed by atoms with Crippen LogP contribution in [0.4, 0.5) is 17.1 Å². The maximum atomic E-state index is 12.7. The van der Waals surface area contributed by atoms with Crippen LogP contribution in [0.1, 0.15) is 31.1 Å². The van der Waals surface area contributed by atoms with Gasteiger partial charge in [-0.1, -0.05) is 36.4 Å². The molecule has 0 aliphatic rings. The smallest absolute Gasteiger partial charge is 0.340 e. The fourth-order valence-corrected chi connectivity index (χ4v) is 3.49. The van der Waals surface area contributed by atoms with E-state index in [9.17, 15) is 14.4 Å². The largest absolute Gasteiger partial charge is 0.461 e. The van der Waals surface area contributed by atoms with Crippen molar-refractivity contribution in [1.82, 2.24) is 0 Å². The van der Waals surface area contributed by atoms with E-state index in [1.165, 1.54) is 25.3 Å². The van der Waals surface area contributed by atoms with Crippen LogP contribution in [0, 0.1) is 5.41 Å². The molecular formula is C27H29N3O7. The van der Waals surface area contributed by atoms with Crippen molar-refractivity contribution in [2.75, 3.05) is 50.7 Å². The van der Waals surface area contributed by atoms with Crippen molar-refractivity contribution in [2.45, 2.75) is 0 Å². The van der Waals surface area contributed by atoms with E-state index in [2.05, 4.69) is 0 Å². The van der Waals surface area contributed by atoms with Crippen molar-refractivity contribution in [2.24, 2.45) is 5.41 Å². The minimum absolute atomic E-state index is 0.0837. The van der Waals surface area contributed by atoms with Crippen LogP contribution < -0.4 is 17.2 Å². The first kappa shape index (κ1) is 27.0. The van der Waals surface area contributed by atoms with Crippen LogP contribution in [-0.4, -0.2) is 51.4 Å². The van der Waals surface area contributed by atoms with E-state index in [1.54, 1.807) is 54.6 Å². The Morgan fingerprint density at radius 1 is 0.568 bits per heavy atom. The number of anilines is 3. The molecule has 0 saturated carbocycles. The van der Waals surface area contributed by atoms with E-state index in [4.69, 9.17) is 36.1 Å². The number of methoxy groups -OCH3 is 1. The summed E-state index contributed by atoms with van der Waals surface area (Å²) in [5, 5.41) is 0. The molecule has 6 N–H and O–H groups in total. The maximum Gasteiger partial charge on any atom is 0.340 e. The van der Waals surface area contributed by atoms with Gasteiger partial charge >= 0.3 is 17.9 Å². The van der Waals surface area contributed by atoms with E-state index in [1.807, 2.05) is 0 Å². The molecule has 3 aromatic rings. The van der Waals surface area contributed by atoms with E-state index in [0.717, 1.165) is 0 Å². The second-order valence-corrected chi connectivity index (χ2v) is 8.42. The third-order valence-corrected chi connectivity index (χ3v) is 5.52. The van der Waals surface area contributed by atoms with Gasteiger partial charge in [-0.15, -0.1) is 0 Å². The van der Waals surface area contributed by atoms with Crippen molar-refractivity contribution in [3.05, 3.63) is 89.5 Å². The summed E-state index contributed by atoms with van der Waals surface area (Å²) in [6.07, 6.45) is 0. The number of nitrogens with two attached hydrogens (primary N) is 3. The van der Waals surface area contributed by atoms with Gasteiger partial charge in [0, 0.05) is 24.2 Å². The topological polar surface area (TPSA) is 166 Å². The number of nitrogen functional groups attached to an aromatic ring is 3. The Bertz CT molecular complexity index is 1110. The van der Waals surface area contributed by atoms with Gasteiger partial charge in [0.1, 0.15) is 19.8 Å². The molecule has 3 aromatic carbocycles. The third kappa shape index (κ3) is 6.98. The quantitative estimate of drug-likeness (QED) is 0.199. The number of benzene rings is 3. The SMILES string of the molecule is COCC(COC(=O)c1ccccc1N)(COC(=O)c1ccccc1N)COC(=O)c1ccccc1N. The molecule has 0 atom stereocenters. The summed E-state index contributed by atoms with van der Waals surface area (Å²) in [5.74, 6) is -2.09. The van der Waals surface area contributed by atoms with Crippen LogP contribution in [0.3, 0.4) is 0 Å². The minimum Gasteiger partial charge on any atom is -0.461 e. The number of esters is 3. The fourth-order valence-electron chi connectivity index (χ4n) is 3.49. The summed E-state index contributed by atoms with van der Waals surface area (Å²) in [6, 6.07) is 19.3. The molecule has 0 saturated heterocycles. The number of ether oxygens (including phenoxy) is 4. The Kier molecular flexibility index (Phi) is 9.06. The van der Waals surface area contributed by atoms with Crippen LogP contribution in [0.15, 0.2) is 72.8 Å². The third-order valence-electron chi connectivity index (χ3n) is 5.52. The zero-order valence-corrected chi connectivity index (χ0v) is 20.3. The van der Waals surface area contributed by atoms with E-state index in [-0.39, 0.29) is 60.2 Å². The minimum atomic E-state index is -1.26. The molecule has 37 heavy (non-hydrogen) atoms. The predicted molar refractivity (Wildman–Crippen MR) is 138 cm³/mol. The molecule has 0 aromatic heterocycles. The molecule has 0 spiro atoms. The number of carbonyl (C=O) groups excluding carboxylic acids is 3. The average molecular weight is 508 g/mol. The highest BCUT2D eigenvalue weighted by Gasteiger charge is 2.37. The predicted octanol–water partition coefficient (Wildman–Crippen LogP) is 2.94. The lowest BCUT2D eigenvalue weighted by molar-refractivity contribution is -0.0668. The summed E-state index contributed by atoms with van der Waals surface area (Å²) in [4.78, 5) is 38.2. The lowest BCUT2D eigenvalue weighted by Gasteiger charge is -2.31. The lowest BCUT2D eigenvalue weighted by Crippen LogP contribution is -2.43. The first-order chi connectivity index (χ1) is 17.8. The summed E-state index contributed by atoms with van der Waals surface area (Å²) in [6.45, 7) is -1.03. The number of rotatable bonds is 11. The fraction of sp³-hybridized carbons (Fsp3) is 0.222. The van der Waals surface area contributed by atoms with E-state index >= 15 is 0 Å². The molecule has 194 valence electrons. The number of hydrogen-bond acceptors (Lipinski definition) is 10. The molecule has 10 heteroatoms. The van der Waals surface area contributed by atoms with Gasteiger partial charge in [-0.05, 0) is 36.4 Å². The standard InChI is InChI=1S/C27H29N3O7/c1-34-14-27(15-35-24(31)18-8-2-5-11-21(18)28,16-36-25(32)19-9-3-6-12-22(19)29)17-37-26(33)20-10-4-7-13-23(20)30/h2-13H,14-17,28-30H2,1H3. The van der Waals surface area contributed by atoms with Crippen molar-refractivity contribution in [3.63, 3.8) is 0 Å². The highest BCUT2D eigenvalue weighted by molar-refractivity contribution is 5.96. The van der Waals surface area contributed by atoms with Gasteiger partial charge in [0.25, 0.3) is 0 Å². The number of hydrogen-bond donors (Lipinski definition) is 3. The second kappa shape index (κ2) is 12.4. The van der Waals surface area contributed by atoms with Gasteiger partial charge in [0.2, 0.25) is 0 Å². The van der Waals surface area contributed by atoms with Crippen LogP contribution in [0.2, 0.25) is 0 Å². The Morgan fingerprint density at radius 2 is 0.865 bits per heavy atom. The van der Waals surface area contributed by atoms with Gasteiger partial charge in [-0.25, -0.2) is 14.4 Å². The first-order valence-corrected chi connectivity index (χ1v) is 11.3. The average Bonchev–Trinajstić information content (AvgIpc) is 2.90. The molecular weight excluding hydrogens is 478 g/mol. The summed E-state index contributed by atoms with van der Waals surface area (Å²) < 4.78 is 21.9. The summed E-state index contributed by atoms with van der Waals surface area (Å²) >= 11 is 0. The van der Waals surface area contributed by atoms with Crippen LogP contribution in [-0.2, 0) is 18.9 Å². The summed E-state index contributed by atoms with van der Waals surface area (Å²) in [5.41, 5.74) is 17.6. The van der Waals surface area contributed by atoms with Gasteiger partial charge in [0.05, 0.1) is 28.7 Å². The maximum absolute atomic E-state index is 12.7. The van der Waals surface area contributed by atoms with Crippen molar-refractivity contribution in [1.29, 1.82) is 0 Å². The van der Waals surface area contributed by atoms with Crippen LogP contribution in [0.25, 0.3) is 0 Å². The molecule has 3 rings (SSSR count). The van der Waals surface area contributed by atoms with Gasteiger partial charge < -0.3 is 36.1 Å². The molecule has 0 heterocycles.